The summed E-state index contributed by atoms with van der Waals surface area (Å²) in [7, 11) is 0. The Morgan fingerprint density at radius 1 is 1.40 bits per heavy atom. The molecule has 2 aromatic heterocycles. The number of thiophene rings is 1. The van der Waals surface area contributed by atoms with Gasteiger partial charge in [-0.2, -0.15) is 0 Å². The Morgan fingerprint density at radius 2 is 2.16 bits per heavy atom. The number of halogens is 1. The molecule has 132 valence electrons. The summed E-state index contributed by atoms with van der Waals surface area (Å²) in [4.78, 5) is 31.7. The topological polar surface area (TPSA) is 59.5 Å². The zero-order chi connectivity index (χ0) is 17.8. The summed E-state index contributed by atoms with van der Waals surface area (Å²) >= 11 is 7.46. The summed E-state index contributed by atoms with van der Waals surface area (Å²) in [6, 6.07) is 5.34. The van der Waals surface area contributed by atoms with Gasteiger partial charge in [-0.15, -0.1) is 11.3 Å². The van der Waals surface area contributed by atoms with Crippen LogP contribution in [0.5, 0.6) is 0 Å². The highest BCUT2D eigenvalue weighted by Gasteiger charge is 2.29. The number of rotatable bonds is 4. The minimum atomic E-state index is -0.399. The summed E-state index contributed by atoms with van der Waals surface area (Å²) in [5.41, 5.74) is 1.14. The first-order valence-corrected chi connectivity index (χ1v) is 9.51. The second kappa shape index (κ2) is 7.97. The van der Waals surface area contributed by atoms with Gasteiger partial charge in [0, 0.05) is 25.2 Å². The van der Waals surface area contributed by atoms with E-state index < -0.39 is 5.97 Å². The number of aromatic nitrogens is 1. The summed E-state index contributed by atoms with van der Waals surface area (Å²) in [5, 5.41) is 2.32. The number of likely N-dealkylation sites (tertiary alicyclic amines) is 1. The first-order valence-electron chi connectivity index (χ1n) is 8.25. The van der Waals surface area contributed by atoms with Gasteiger partial charge in [-0.3, -0.25) is 9.78 Å². The highest BCUT2D eigenvalue weighted by atomic mass is 35.5. The van der Waals surface area contributed by atoms with Gasteiger partial charge in [0.1, 0.15) is 0 Å². The van der Waals surface area contributed by atoms with Crippen molar-refractivity contribution >= 4 is 34.8 Å². The Labute approximate surface area is 155 Å². The zero-order valence-electron chi connectivity index (χ0n) is 13.9. The smallest absolute Gasteiger partial charge is 0.340 e. The molecule has 3 rings (SSSR count). The van der Waals surface area contributed by atoms with Gasteiger partial charge in [0.05, 0.1) is 27.8 Å². The van der Waals surface area contributed by atoms with E-state index >= 15 is 0 Å². The van der Waals surface area contributed by atoms with Crippen molar-refractivity contribution in [3.63, 3.8) is 0 Å². The van der Waals surface area contributed by atoms with E-state index in [1.165, 1.54) is 11.3 Å². The number of pyridine rings is 1. The fourth-order valence-electron chi connectivity index (χ4n) is 3.06. The minimum absolute atomic E-state index is 0.0723. The monoisotopic (exact) mass is 378 g/mol. The molecule has 0 unspecified atom stereocenters. The predicted molar refractivity (Wildman–Crippen MR) is 97.4 cm³/mol. The largest absolute Gasteiger partial charge is 0.462 e. The van der Waals surface area contributed by atoms with Crippen molar-refractivity contribution in [3.8, 4) is 0 Å². The van der Waals surface area contributed by atoms with Gasteiger partial charge in [0.2, 0.25) is 0 Å². The number of piperidine rings is 1. The highest BCUT2D eigenvalue weighted by molar-refractivity contribution is 7.12. The van der Waals surface area contributed by atoms with Crippen molar-refractivity contribution in [2.75, 3.05) is 19.7 Å². The van der Waals surface area contributed by atoms with Crippen LogP contribution in [0.1, 0.15) is 51.4 Å². The number of carbonyl (C=O) groups excluding carboxylic acids is 2. The Kier molecular flexibility index (Phi) is 5.71. The maximum atomic E-state index is 12.4. The number of amides is 1. The second-order valence-corrected chi connectivity index (χ2v) is 7.23. The Hall–Kier alpha value is -1.92. The van der Waals surface area contributed by atoms with Crippen molar-refractivity contribution in [2.45, 2.75) is 25.7 Å². The third kappa shape index (κ3) is 4.02. The molecule has 1 fully saturated rings. The molecule has 1 aliphatic rings. The van der Waals surface area contributed by atoms with Gasteiger partial charge in [-0.1, -0.05) is 17.7 Å². The SMILES string of the molecule is CCOC(=O)c1cc(Cl)cnc1C1CCN(C(=O)c2cccs2)CC1. The third-order valence-corrected chi connectivity index (χ3v) is 5.35. The average Bonchev–Trinajstić information content (AvgIpc) is 3.16. The highest BCUT2D eigenvalue weighted by Crippen LogP contribution is 2.31. The maximum Gasteiger partial charge on any atom is 0.340 e. The summed E-state index contributed by atoms with van der Waals surface area (Å²) in [6.07, 6.45) is 3.08. The molecule has 2 aromatic rings. The van der Waals surface area contributed by atoms with Crippen LogP contribution in [0.4, 0.5) is 0 Å². The molecule has 3 heterocycles. The van der Waals surface area contributed by atoms with Gasteiger partial charge < -0.3 is 9.64 Å². The van der Waals surface area contributed by atoms with Gasteiger partial charge in [-0.25, -0.2) is 4.79 Å². The van der Waals surface area contributed by atoms with Crippen LogP contribution < -0.4 is 0 Å². The quantitative estimate of drug-likeness (QED) is 0.754. The number of esters is 1. The van der Waals surface area contributed by atoms with Crippen LogP contribution in [-0.4, -0.2) is 41.5 Å². The minimum Gasteiger partial charge on any atom is -0.462 e. The van der Waals surface area contributed by atoms with Crippen LogP contribution in [0.3, 0.4) is 0 Å². The fourth-order valence-corrected chi connectivity index (χ4v) is 3.91. The summed E-state index contributed by atoms with van der Waals surface area (Å²) in [6.45, 7) is 3.37. The first-order chi connectivity index (χ1) is 12.1. The van der Waals surface area contributed by atoms with Crippen LogP contribution in [0, 0.1) is 0 Å². The van der Waals surface area contributed by atoms with E-state index in [0.717, 1.165) is 17.7 Å². The van der Waals surface area contributed by atoms with Crippen LogP contribution in [0.15, 0.2) is 29.8 Å². The lowest BCUT2D eigenvalue weighted by atomic mass is 9.90. The second-order valence-electron chi connectivity index (χ2n) is 5.85. The lowest BCUT2D eigenvalue weighted by molar-refractivity contribution is 0.0521. The Morgan fingerprint density at radius 3 is 2.80 bits per heavy atom. The first kappa shape index (κ1) is 17.9. The van der Waals surface area contributed by atoms with Gasteiger partial charge >= 0.3 is 5.97 Å². The average molecular weight is 379 g/mol. The van der Waals surface area contributed by atoms with Crippen molar-refractivity contribution in [3.05, 3.63) is 50.9 Å². The maximum absolute atomic E-state index is 12.4. The number of nitrogens with zero attached hydrogens (tertiary/aromatic N) is 2. The number of hydrogen-bond acceptors (Lipinski definition) is 5. The van der Waals surface area contributed by atoms with E-state index in [9.17, 15) is 9.59 Å². The van der Waals surface area contributed by atoms with E-state index in [1.54, 1.807) is 19.2 Å². The predicted octanol–water partition coefficient (Wildman–Crippen LogP) is 3.99. The van der Waals surface area contributed by atoms with Gasteiger partial charge in [0.15, 0.2) is 0 Å². The Balaban J connectivity index is 1.72. The standard InChI is InChI=1S/C18H19ClN2O3S/c1-2-24-18(23)14-10-13(19)11-20-16(14)12-5-7-21(8-6-12)17(22)15-4-3-9-25-15/h3-4,9-12H,2,5-8H2,1H3. The van der Waals surface area contributed by atoms with Crippen molar-refractivity contribution < 1.29 is 14.3 Å². The molecule has 0 spiro atoms. The molecule has 0 N–H and O–H groups in total. The molecule has 1 aliphatic heterocycles. The lowest BCUT2D eigenvalue weighted by Crippen LogP contribution is -2.38. The molecular weight excluding hydrogens is 360 g/mol. The summed E-state index contributed by atoms with van der Waals surface area (Å²) < 4.78 is 5.12. The van der Waals surface area contributed by atoms with Gasteiger partial charge in [-0.05, 0) is 37.3 Å². The molecule has 0 radical (unpaired) electrons. The number of carbonyl (C=O) groups is 2. The van der Waals surface area contributed by atoms with Crippen LogP contribution in [0.25, 0.3) is 0 Å². The Bertz CT molecular complexity index is 756. The van der Waals surface area contributed by atoms with E-state index in [2.05, 4.69) is 4.98 Å². The molecule has 0 aromatic carbocycles. The number of ether oxygens (including phenoxy) is 1. The molecule has 0 saturated carbocycles. The van der Waals surface area contributed by atoms with E-state index in [0.29, 0.717) is 36.0 Å². The van der Waals surface area contributed by atoms with Crippen molar-refractivity contribution in [2.24, 2.45) is 0 Å². The molecule has 1 amide bonds. The molecule has 0 atom stereocenters. The van der Waals surface area contributed by atoms with E-state index in [-0.39, 0.29) is 11.8 Å². The van der Waals surface area contributed by atoms with E-state index in [1.807, 2.05) is 22.4 Å². The molecule has 7 heteroatoms. The normalized spacial score (nSPS) is 15.2. The fraction of sp³-hybridized carbons (Fsp3) is 0.389. The van der Waals surface area contributed by atoms with E-state index in [4.69, 9.17) is 16.3 Å². The molecule has 0 aliphatic carbocycles. The lowest BCUT2D eigenvalue weighted by Gasteiger charge is -2.32. The molecular formula is C18H19ClN2O3S. The third-order valence-electron chi connectivity index (χ3n) is 4.28. The molecule has 25 heavy (non-hydrogen) atoms. The summed E-state index contributed by atoms with van der Waals surface area (Å²) in [5.74, 6) is -0.211. The molecule has 1 saturated heterocycles. The molecule has 0 bridgehead atoms. The number of hydrogen-bond donors (Lipinski definition) is 0. The zero-order valence-corrected chi connectivity index (χ0v) is 15.5. The van der Waals surface area contributed by atoms with Crippen LogP contribution in [0.2, 0.25) is 5.02 Å². The van der Waals surface area contributed by atoms with Crippen LogP contribution in [-0.2, 0) is 4.74 Å². The van der Waals surface area contributed by atoms with Crippen LogP contribution >= 0.6 is 22.9 Å². The van der Waals surface area contributed by atoms with Crippen molar-refractivity contribution in [1.82, 2.24) is 9.88 Å². The molecule has 5 nitrogen and oxygen atoms in total. The van der Waals surface area contributed by atoms with Gasteiger partial charge in [0.25, 0.3) is 5.91 Å². The van der Waals surface area contributed by atoms with Crippen molar-refractivity contribution in [1.29, 1.82) is 0 Å².